The lowest BCUT2D eigenvalue weighted by Crippen LogP contribution is -2.55. The van der Waals surface area contributed by atoms with Crippen LogP contribution in [0.3, 0.4) is 0 Å². The van der Waals surface area contributed by atoms with Gasteiger partial charge in [0.05, 0.1) is 6.54 Å². The van der Waals surface area contributed by atoms with Crippen molar-refractivity contribution in [3.05, 3.63) is 12.2 Å². The van der Waals surface area contributed by atoms with E-state index in [1.807, 2.05) is 4.68 Å². The molecule has 0 saturated heterocycles. The molecule has 1 aliphatic carbocycles. The second-order valence-corrected chi connectivity index (χ2v) is 6.52. The van der Waals surface area contributed by atoms with Crippen molar-refractivity contribution >= 4 is 0 Å². The van der Waals surface area contributed by atoms with Crippen molar-refractivity contribution in [1.29, 1.82) is 0 Å². The molecule has 0 atom stereocenters. The standard InChI is InChI=1S/C16H31N5/c1-4-10-20(11-15-18-13-19-21(15)5-2)16(12-17)8-6-14(3)7-9-16/h13-14H,4-12,17H2,1-3H3. The summed E-state index contributed by atoms with van der Waals surface area (Å²) in [6.45, 7) is 10.3. The van der Waals surface area contributed by atoms with E-state index in [-0.39, 0.29) is 5.54 Å². The molecule has 1 fully saturated rings. The van der Waals surface area contributed by atoms with Crippen molar-refractivity contribution in [2.75, 3.05) is 13.1 Å². The van der Waals surface area contributed by atoms with E-state index in [4.69, 9.17) is 5.73 Å². The first kappa shape index (κ1) is 16.4. The molecule has 0 amide bonds. The van der Waals surface area contributed by atoms with Crippen LogP contribution in [-0.2, 0) is 13.1 Å². The van der Waals surface area contributed by atoms with Crippen LogP contribution in [0.5, 0.6) is 0 Å². The predicted molar refractivity (Wildman–Crippen MR) is 85.8 cm³/mol. The number of rotatable bonds is 7. The van der Waals surface area contributed by atoms with Crippen molar-refractivity contribution in [1.82, 2.24) is 19.7 Å². The molecule has 120 valence electrons. The van der Waals surface area contributed by atoms with Crippen LogP contribution in [0.1, 0.15) is 58.7 Å². The van der Waals surface area contributed by atoms with Gasteiger partial charge in [-0.15, -0.1) is 0 Å². The first-order chi connectivity index (χ1) is 10.1. The van der Waals surface area contributed by atoms with Crippen LogP contribution in [0.15, 0.2) is 6.33 Å². The van der Waals surface area contributed by atoms with Gasteiger partial charge in [-0.1, -0.05) is 13.8 Å². The van der Waals surface area contributed by atoms with Crippen molar-refractivity contribution in [3.8, 4) is 0 Å². The highest BCUT2D eigenvalue weighted by Gasteiger charge is 2.38. The molecule has 0 bridgehead atoms. The molecule has 0 radical (unpaired) electrons. The minimum absolute atomic E-state index is 0.160. The maximum Gasteiger partial charge on any atom is 0.141 e. The van der Waals surface area contributed by atoms with E-state index >= 15 is 0 Å². The molecule has 0 spiro atoms. The molecule has 1 heterocycles. The number of hydrogen-bond donors (Lipinski definition) is 1. The summed E-state index contributed by atoms with van der Waals surface area (Å²) in [5.74, 6) is 1.91. The van der Waals surface area contributed by atoms with Gasteiger partial charge in [-0.05, 0) is 51.5 Å². The van der Waals surface area contributed by atoms with Crippen molar-refractivity contribution < 1.29 is 0 Å². The van der Waals surface area contributed by atoms with Crippen LogP contribution in [0.25, 0.3) is 0 Å². The minimum atomic E-state index is 0.160. The topological polar surface area (TPSA) is 60.0 Å². The first-order valence-electron chi connectivity index (χ1n) is 8.47. The molecule has 2 rings (SSSR count). The van der Waals surface area contributed by atoms with Crippen LogP contribution in [0.2, 0.25) is 0 Å². The molecule has 0 aliphatic heterocycles. The van der Waals surface area contributed by atoms with E-state index in [1.165, 1.54) is 25.7 Å². The minimum Gasteiger partial charge on any atom is -0.329 e. The zero-order chi connectivity index (χ0) is 15.3. The molecule has 5 heteroatoms. The highest BCUT2D eigenvalue weighted by Crippen LogP contribution is 2.36. The molecule has 1 aromatic heterocycles. The van der Waals surface area contributed by atoms with Crippen LogP contribution in [0, 0.1) is 5.92 Å². The van der Waals surface area contributed by atoms with Crippen LogP contribution in [-0.4, -0.2) is 38.3 Å². The number of hydrogen-bond acceptors (Lipinski definition) is 4. The Morgan fingerprint density at radius 3 is 2.67 bits per heavy atom. The molecule has 1 aliphatic rings. The summed E-state index contributed by atoms with van der Waals surface area (Å²) in [5.41, 5.74) is 6.39. The Balaban J connectivity index is 2.16. The Kier molecular flexibility index (Phi) is 5.76. The van der Waals surface area contributed by atoms with Crippen LogP contribution >= 0.6 is 0 Å². The SMILES string of the molecule is CCCN(Cc1ncnn1CC)C1(CN)CCC(C)CC1. The molecule has 0 unspecified atom stereocenters. The highest BCUT2D eigenvalue weighted by atomic mass is 15.4. The molecule has 1 saturated carbocycles. The maximum atomic E-state index is 6.23. The number of aryl methyl sites for hydroxylation is 1. The largest absolute Gasteiger partial charge is 0.329 e. The smallest absolute Gasteiger partial charge is 0.141 e. The molecular weight excluding hydrogens is 262 g/mol. The lowest BCUT2D eigenvalue weighted by atomic mass is 9.76. The second-order valence-electron chi connectivity index (χ2n) is 6.52. The number of nitrogens with two attached hydrogens (primary N) is 1. The Morgan fingerprint density at radius 2 is 2.10 bits per heavy atom. The summed E-state index contributed by atoms with van der Waals surface area (Å²) in [6, 6.07) is 0. The van der Waals surface area contributed by atoms with Gasteiger partial charge in [-0.25, -0.2) is 9.67 Å². The van der Waals surface area contributed by atoms with E-state index in [1.54, 1.807) is 6.33 Å². The fraction of sp³-hybridized carbons (Fsp3) is 0.875. The molecule has 0 aromatic carbocycles. The molecule has 21 heavy (non-hydrogen) atoms. The van der Waals surface area contributed by atoms with E-state index in [0.29, 0.717) is 0 Å². The van der Waals surface area contributed by atoms with Gasteiger partial charge in [0.15, 0.2) is 0 Å². The average Bonchev–Trinajstić information content (AvgIpc) is 2.95. The average molecular weight is 293 g/mol. The fourth-order valence-corrected chi connectivity index (χ4v) is 3.55. The van der Waals surface area contributed by atoms with Gasteiger partial charge in [-0.2, -0.15) is 5.10 Å². The second kappa shape index (κ2) is 7.36. The highest BCUT2D eigenvalue weighted by molar-refractivity contribution is 4.98. The summed E-state index contributed by atoms with van der Waals surface area (Å²) < 4.78 is 2.00. The normalized spacial score (nSPS) is 26.4. The van der Waals surface area contributed by atoms with Crippen molar-refractivity contribution in [2.24, 2.45) is 11.7 Å². The summed E-state index contributed by atoms with van der Waals surface area (Å²) in [6.07, 6.45) is 7.82. The third-order valence-electron chi connectivity index (χ3n) is 5.08. The number of nitrogens with zero attached hydrogens (tertiary/aromatic N) is 4. The van der Waals surface area contributed by atoms with Crippen molar-refractivity contribution in [2.45, 2.75) is 71.5 Å². The summed E-state index contributed by atoms with van der Waals surface area (Å²) in [4.78, 5) is 7.03. The van der Waals surface area contributed by atoms with E-state index in [9.17, 15) is 0 Å². The maximum absolute atomic E-state index is 6.23. The van der Waals surface area contributed by atoms with Gasteiger partial charge >= 0.3 is 0 Å². The first-order valence-corrected chi connectivity index (χ1v) is 8.47. The van der Waals surface area contributed by atoms with Crippen LogP contribution < -0.4 is 5.73 Å². The third kappa shape index (κ3) is 3.64. The van der Waals surface area contributed by atoms with Gasteiger partial charge in [0.2, 0.25) is 0 Å². The Hall–Kier alpha value is -0.940. The monoisotopic (exact) mass is 293 g/mol. The van der Waals surface area contributed by atoms with E-state index in [0.717, 1.165) is 44.3 Å². The van der Waals surface area contributed by atoms with Gasteiger partial charge in [-0.3, -0.25) is 4.90 Å². The Bertz CT molecular complexity index is 420. The molecular formula is C16H31N5. The predicted octanol–water partition coefficient (Wildman–Crippen LogP) is 2.42. The molecule has 1 aromatic rings. The Morgan fingerprint density at radius 1 is 1.38 bits per heavy atom. The van der Waals surface area contributed by atoms with Crippen LogP contribution in [0.4, 0.5) is 0 Å². The lowest BCUT2D eigenvalue weighted by molar-refractivity contribution is 0.0346. The quantitative estimate of drug-likeness (QED) is 0.838. The summed E-state index contributed by atoms with van der Waals surface area (Å²) in [7, 11) is 0. The fourth-order valence-electron chi connectivity index (χ4n) is 3.55. The van der Waals surface area contributed by atoms with E-state index < -0.39 is 0 Å². The van der Waals surface area contributed by atoms with Crippen molar-refractivity contribution in [3.63, 3.8) is 0 Å². The molecule has 5 nitrogen and oxygen atoms in total. The van der Waals surface area contributed by atoms with Gasteiger partial charge < -0.3 is 5.73 Å². The Labute approximate surface area is 128 Å². The molecule has 2 N–H and O–H groups in total. The third-order valence-corrected chi connectivity index (χ3v) is 5.08. The van der Waals surface area contributed by atoms with Gasteiger partial charge in [0.25, 0.3) is 0 Å². The summed E-state index contributed by atoms with van der Waals surface area (Å²) in [5, 5.41) is 4.30. The van der Waals surface area contributed by atoms with Gasteiger partial charge in [0, 0.05) is 18.6 Å². The zero-order valence-corrected chi connectivity index (χ0v) is 13.9. The number of aromatic nitrogens is 3. The summed E-state index contributed by atoms with van der Waals surface area (Å²) >= 11 is 0. The van der Waals surface area contributed by atoms with E-state index in [2.05, 4.69) is 35.8 Å². The zero-order valence-electron chi connectivity index (χ0n) is 13.9. The van der Waals surface area contributed by atoms with Gasteiger partial charge in [0.1, 0.15) is 12.2 Å². The lowest BCUT2D eigenvalue weighted by Gasteiger charge is -2.47.